The second kappa shape index (κ2) is 12.7. The molecule has 0 bridgehead atoms. The number of fused-ring (bicyclic) bond motifs is 8. The SMILES string of the molecule is c1ccc(-n2c3cccc(-c4ccc5c(c4)sc4ccccc45)c3c3c4ccccc4n(-c4cccc(P(c5ccccc5)c5ccccc5)c4)c32)cc1. The lowest BCUT2D eigenvalue weighted by Gasteiger charge is -2.21. The molecule has 0 spiro atoms. The molecule has 0 aliphatic carbocycles. The van der Waals surface area contributed by atoms with Crippen LogP contribution in [0, 0.1) is 0 Å². The van der Waals surface area contributed by atoms with Crippen LogP contribution in [0.1, 0.15) is 0 Å². The molecule has 3 aromatic heterocycles. The van der Waals surface area contributed by atoms with Gasteiger partial charge in [-0.1, -0.05) is 152 Å². The minimum atomic E-state index is -0.773. The maximum absolute atomic E-state index is 2.50. The van der Waals surface area contributed by atoms with E-state index in [1.807, 2.05) is 11.3 Å². The van der Waals surface area contributed by atoms with E-state index in [4.69, 9.17) is 0 Å². The van der Waals surface area contributed by atoms with Crippen molar-refractivity contribution >= 4 is 88.2 Å². The summed E-state index contributed by atoms with van der Waals surface area (Å²) in [7, 11) is -0.773. The van der Waals surface area contributed by atoms with Gasteiger partial charge in [-0.15, -0.1) is 11.3 Å². The summed E-state index contributed by atoms with van der Waals surface area (Å²) in [5.74, 6) is 0. The zero-order chi connectivity index (χ0) is 35.6. The van der Waals surface area contributed by atoms with Crippen molar-refractivity contribution in [3.63, 3.8) is 0 Å². The molecule has 54 heavy (non-hydrogen) atoms. The molecule has 0 saturated heterocycles. The van der Waals surface area contributed by atoms with Gasteiger partial charge in [0.15, 0.2) is 0 Å². The van der Waals surface area contributed by atoms with Crippen LogP contribution in [-0.2, 0) is 0 Å². The van der Waals surface area contributed by atoms with Crippen molar-refractivity contribution in [3.8, 4) is 22.5 Å². The van der Waals surface area contributed by atoms with Crippen molar-refractivity contribution in [3.05, 3.63) is 200 Å². The van der Waals surface area contributed by atoms with Crippen LogP contribution in [0.5, 0.6) is 0 Å². The second-order valence-corrected chi connectivity index (χ2v) is 17.1. The van der Waals surface area contributed by atoms with Crippen molar-refractivity contribution in [2.45, 2.75) is 0 Å². The smallest absolute Gasteiger partial charge is 0.131 e. The van der Waals surface area contributed by atoms with Gasteiger partial charge in [0, 0.05) is 47.7 Å². The molecular weight excluding hydrogens is 692 g/mol. The minimum absolute atomic E-state index is 0.773. The van der Waals surface area contributed by atoms with Crippen LogP contribution in [-0.4, -0.2) is 9.13 Å². The molecule has 0 atom stereocenters. The molecule has 11 aromatic rings. The monoisotopic (exact) mass is 724 g/mol. The van der Waals surface area contributed by atoms with Gasteiger partial charge < -0.3 is 0 Å². The van der Waals surface area contributed by atoms with E-state index in [1.165, 1.54) is 80.1 Å². The molecule has 254 valence electrons. The Hall–Kier alpha value is -6.25. The molecule has 2 nitrogen and oxygen atoms in total. The lowest BCUT2D eigenvalue weighted by atomic mass is 9.98. The van der Waals surface area contributed by atoms with Gasteiger partial charge in [0.25, 0.3) is 0 Å². The van der Waals surface area contributed by atoms with Crippen LogP contribution in [0.15, 0.2) is 200 Å². The first-order valence-electron chi connectivity index (χ1n) is 18.4. The second-order valence-electron chi connectivity index (χ2n) is 13.8. The largest absolute Gasteiger partial charge is 0.295 e. The summed E-state index contributed by atoms with van der Waals surface area (Å²) in [6.07, 6.45) is 0. The van der Waals surface area contributed by atoms with Gasteiger partial charge in [-0.05, 0) is 83.5 Å². The van der Waals surface area contributed by atoms with E-state index in [0.717, 1.165) is 11.4 Å². The molecule has 0 radical (unpaired) electrons. The predicted molar refractivity (Wildman–Crippen MR) is 235 cm³/mol. The molecule has 0 unspecified atom stereocenters. The summed E-state index contributed by atoms with van der Waals surface area (Å²) in [5, 5.41) is 10.5. The molecule has 8 aromatic carbocycles. The van der Waals surface area contributed by atoms with Gasteiger partial charge in [-0.2, -0.15) is 0 Å². The average molecular weight is 725 g/mol. The third kappa shape index (κ3) is 4.90. The topological polar surface area (TPSA) is 9.86 Å². The van der Waals surface area contributed by atoms with Crippen molar-refractivity contribution in [1.82, 2.24) is 9.13 Å². The highest BCUT2D eigenvalue weighted by atomic mass is 32.1. The van der Waals surface area contributed by atoms with Gasteiger partial charge in [-0.25, -0.2) is 0 Å². The Bertz CT molecular complexity index is 3120. The summed E-state index contributed by atoms with van der Waals surface area (Å²) < 4.78 is 7.63. The maximum Gasteiger partial charge on any atom is 0.131 e. The van der Waals surface area contributed by atoms with Crippen LogP contribution in [0.2, 0.25) is 0 Å². The average Bonchev–Trinajstić information content (AvgIpc) is 3.89. The van der Waals surface area contributed by atoms with Gasteiger partial charge in [0.1, 0.15) is 5.65 Å². The molecule has 0 saturated carbocycles. The normalized spacial score (nSPS) is 11.9. The number of hydrogen-bond donors (Lipinski definition) is 0. The number of aromatic nitrogens is 2. The molecule has 0 aliphatic heterocycles. The standard InChI is InChI=1S/C50H33N2PS/c1-4-16-35(17-5-1)51-45-28-15-26-40(34-30-31-42-41-24-11-13-29-46(41)54-47(42)32-34)48(45)49-43-25-10-12-27-44(43)52(50(49)51)36-18-14-23-39(33-36)53(37-19-6-2-7-20-37)38-21-8-3-9-22-38/h1-33H. The molecule has 3 heterocycles. The van der Waals surface area contributed by atoms with Gasteiger partial charge in [0.2, 0.25) is 0 Å². The molecular formula is C50H33N2PS. The number of para-hydroxylation sites is 2. The van der Waals surface area contributed by atoms with E-state index in [2.05, 4.69) is 209 Å². The quantitative estimate of drug-likeness (QED) is 0.151. The first-order valence-corrected chi connectivity index (χ1v) is 20.5. The Morgan fingerprint density at radius 1 is 0.370 bits per heavy atom. The summed E-state index contributed by atoms with van der Waals surface area (Å²) in [4.78, 5) is 0. The Balaban J connectivity index is 1.22. The third-order valence-corrected chi connectivity index (χ3v) is 14.2. The highest BCUT2D eigenvalue weighted by Crippen LogP contribution is 2.46. The van der Waals surface area contributed by atoms with E-state index in [9.17, 15) is 0 Å². The van der Waals surface area contributed by atoms with Crippen molar-refractivity contribution in [2.75, 3.05) is 0 Å². The highest BCUT2D eigenvalue weighted by molar-refractivity contribution is 7.79. The van der Waals surface area contributed by atoms with Crippen LogP contribution in [0.3, 0.4) is 0 Å². The zero-order valence-electron chi connectivity index (χ0n) is 29.3. The molecule has 4 heteroatoms. The number of nitrogens with zero attached hydrogens (tertiary/aromatic N) is 2. The van der Waals surface area contributed by atoms with Gasteiger partial charge >= 0.3 is 0 Å². The molecule has 0 amide bonds. The Kier molecular flexibility index (Phi) is 7.36. The fraction of sp³-hybridized carbons (Fsp3) is 0. The van der Waals surface area contributed by atoms with Crippen LogP contribution < -0.4 is 15.9 Å². The van der Waals surface area contributed by atoms with E-state index in [-0.39, 0.29) is 0 Å². The molecule has 0 N–H and O–H groups in total. The van der Waals surface area contributed by atoms with Gasteiger partial charge in [0.05, 0.1) is 11.0 Å². The van der Waals surface area contributed by atoms with E-state index in [1.54, 1.807) is 0 Å². The van der Waals surface area contributed by atoms with Crippen molar-refractivity contribution in [2.24, 2.45) is 0 Å². The summed E-state index contributed by atoms with van der Waals surface area (Å²) in [5.41, 5.74) is 8.36. The Labute approximate surface area is 318 Å². The predicted octanol–water partition coefficient (Wildman–Crippen LogP) is 12.5. The van der Waals surface area contributed by atoms with Crippen LogP contribution in [0.4, 0.5) is 0 Å². The Morgan fingerprint density at radius 2 is 0.944 bits per heavy atom. The number of thiophene rings is 1. The van der Waals surface area contributed by atoms with Crippen LogP contribution >= 0.6 is 19.3 Å². The lowest BCUT2D eigenvalue weighted by Crippen LogP contribution is -2.21. The maximum atomic E-state index is 2.50. The molecule has 11 rings (SSSR count). The van der Waals surface area contributed by atoms with Crippen molar-refractivity contribution in [1.29, 1.82) is 0 Å². The fourth-order valence-corrected chi connectivity index (χ4v) is 11.9. The lowest BCUT2D eigenvalue weighted by molar-refractivity contribution is 1.07. The fourth-order valence-electron chi connectivity index (χ4n) is 8.39. The zero-order valence-corrected chi connectivity index (χ0v) is 31.0. The van der Waals surface area contributed by atoms with E-state index < -0.39 is 7.92 Å². The van der Waals surface area contributed by atoms with E-state index >= 15 is 0 Å². The first-order chi connectivity index (χ1) is 26.8. The van der Waals surface area contributed by atoms with Gasteiger partial charge in [-0.3, -0.25) is 9.13 Å². The molecule has 0 aliphatic rings. The summed E-state index contributed by atoms with van der Waals surface area (Å²) in [6.45, 7) is 0. The number of hydrogen-bond acceptors (Lipinski definition) is 1. The van der Waals surface area contributed by atoms with Crippen molar-refractivity contribution < 1.29 is 0 Å². The highest BCUT2D eigenvalue weighted by Gasteiger charge is 2.25. The molecule has 0 fully saturated rings. The summed E-state index contributed by atoms with van der Waals surface area (Å²) >= 11 is 1.88. The number of rotatable bonds is 6. The number of benzene rings is 8. The van der Waals surface area contributed by atoms with E-state index in [0.29, 0.717) is 0 Å². The minimum Gasteiger partial charge on any atom is -0.295 e. The summed E-state index contributed by atoms with van der Waals surface area (Å²) in [6, 6.07) is 73.7. The Morgan fingerprint density at radius 3 is 1.72 bits per heavy atom. The first kappa shape index (κ1) is 31.3. The van der Waals surface area contributed by atoms with Crippen LogP contribution in [0.25, 0.3) is 75.5 Å². The third-order valence-electron chi connectivity index (χ3n) is 10.7.